The monoisotopic (exact) mass is 1100 g/mol. The van der Waals surface area contributed by atoms with Gasteiger partial charge in [0.05, 0.1) is 0 Å². The van der Waals surface area contributed by atoms with Crippen LogP contribution < -0.4 is 0 Å². The maximum atomic E-state index is 13.7. The van der Waals surface area contributed by atoms with Crippen molar-refractivity contribution in [1.82, 2.24) is 0 Å². The summed E-state index contributed by atoms with van der Waals surface area (Å²) in [6, 6.07) is 0. The summed E-state index contributed by atoms with van der Waals surface area (Å²) in [5.74, 6) is -1.01. The fourth-order valence-corrected chi connectivity index (χ4v) is 17.1. The SMILES string of the molecule is CCCCCCCCCCCCCCCCC(=O)[O][Sn]([CH2]CCCCCCCCCCC)([O]C(=O)CCCCCCCCCCCCCCCC)[O]C(=O)CCCCCCCCCCCCCCCC. The van der Waals surface area contributed by atoms with Crippen LogP contribution in [0.15, 0.2) is 0 Å². The van der Waals surface area contributed by atoms with Crippen molar-refractivity contribution in [1.29, 1.82) is 0 Å². The minimum absolute atomic E-state index is 0.293. The van der Waals surface area contributed by atoms with Crippen LogP contribution in [0, 0.1) is 0 Å². The first kappa shape index (κ1) is 69.2. The molecule has 0 saturated heterocycles. The van der Waals surface area contributed by atoms with Crippen LogP contribution in [0.1, 0.15) is 381 Å². The average molecular weight is 1100 g/mol. The van der Waals surface area contributed by atoms with Crippen molar-refractivity contribution < 1.29 is 23.6 Å². The number of rotatable bonds is 59. The Labute approximate surface area is 443 Å². The number of hydrogen-bond acceptors (Lipinski definition) is 6. The van der Waals surface area contributed by atoms with Gasteiger partial charge in [-0.2, -0.15) is 0 Å². The van der Waals surface area contributed by atoms with Crippen molar-refractivity contribution in [2.45, 2.75) is 385 Å². The predicted octanol–water partition coefficient (Wildman–Crippen LogP) is 22.1. The first-order chi connectivity index (χ1) is 34.4. The van der Waals surface area contributed by atoms with Crippen LogP contribution in [0.5, 0.6) is 0 Å². The van der Waals surface area contributed by atoms with Crippen LogP contribution >= 0.6 is 0 Å². The topological polar surface area (TPSA) is 78.9 Å². The summed E-state index contributed by atoms with van der Waals surface area (Å²) < 4.78 is 19.3. The summed E-state index contributed by atoms with van der Waals surface area (Å²) in [6.45, 7) is 9.10. The quantitative estimate of drug-likeness (QED) is 0.0446. The predicted molar refractivity (Wildman–Crippen MR) is 305 cm³/mol. The molecule has 0 aromatic carbocycles. The molecule has 0 amide bonds. The smallest absolute Gasteiger partial charge is 0.0654 e. The molecular formula is C63H124O6Sn. The van der Waals surface area contributed by atoms with Gasteiger partial charge in [0.25, 0.3) is 0 Å². The Hall–Kier alpha value is -0.791. The molecule has 0 saturated carbocycles. The molecule has 0 aliphatic rings. The Morgan fingerprint density at radius 1 is 0.214 bits per heavy atom. The molecule has 70 heavy (non-hydrogen) atoms. The molecule has 0 fully saturated rings. The molecule has 7 heteroatoms. The summed E-state index contributed by atoms with van der Waals surface area (Å²) in [5, 5.41) is 0. The van der Waals surface area contributed by atoms with E-state index in [0.717, 1.165) is 77.0 Å². The van der Waals surface area contributed by atoms with Gasteiger partial charge in [0, 0.05) is 0 Å². The summed E-state index contributed by atoms with van der Waals surface area (Å²) in [5.41, 5.74) is 0. The third-order valence-electron chi connectivity index (χ3n) is 14.8. The van der Waals surface area contributed by atoms with Crippen LogP contribution in [-0.2, 0) is 23.6 Å². The van der Waals surface area contributed by atoms with Gasteiger partial charge in [-0.3, -0.25) is 0 Å². The van der Waals surface area contributed by atoms with E-state index in [4.69, 9.17) is 9.22 Å². The molecule has 0 spiro atoms. The van der Waals surface area contributed by atoms with E-state index >= 15 is 0 Å². The van der Waals surface area contributed by atoms with Crippen LogP contribution in [-0.4, -0.2) is 37.5 Å². The van der Waals surface area contributed by atoms with Crippen LogP contribution in [0.4, 0.5) is 0 Å². The van der Waals surface area contributed by atoms with E-state index in [0.29, 0.717) is 23.7 Å². The summed E-state index contributed by atoms with van der Waals surface area (Å²) in [4.78, 5) is 41.0. The Bertz CT molecular complexity index is 969. The second kappa shape index (κ2) is 57.5. The zero-order chi connectivity index (χ0) is 51.0. The normalized spacial score (nSPS) is 11.7. The summed E-state index contributed by atoms with van der Waals surface area (Å²) in [6.07, 6.45) is 65.4. The number of carbonyl (C=O) groups excluding carboxylic acids is 3. The zero-order valence-electron chi connectivity index (χ0n) is 48.0. The molecule has 0 aromatic heterocycles. The Kier molecular flexibility index (Phi) is 56.8. The van der Waals surface area contributed by atoms with Crippen LogP contribution in [0.2, 0.25) is 4.44 Å². The van der Waals surface area contributed by atoms with E-state index < -0.39 is 19.6 Å². The molecule has 0 N–H and O–H groups in total. The van der Waals surface area contributed by atoms with Gasteiger partial charge in [-0.25, -0.2) is 0 Å². The molecule has 0 atom stereocenters. The second-order valence-electron chi connectivity index (χ2n) is 22.1. The van der Waals surface area contributed by atoms with Gasteiger partial charge in [-0.05, 0) is 0 Å². The Morgan fingerprint density at radius 2 is 0.357 bits per heavy atom. The molecule has 0 unspecified atom stereocenters. The zero-order valence-corrected chi connectivity index (χ0v) is 50.9. The van der Waals surface area contributed by atoms with E-state index in [1.54, 1.807) is 0 Å². The van der Waals surface area contributed by atoms with E-state index in [-0.39, 0.29) is 17.9 Å². The minimum Gasteiger partial charge on any atom is -0.0654 e. The van der Waals surface area contributed by atoms with E-state index in [1.165, 1.54) is 257 Å². The van der Waals surface area contributed by atoms with Crippen LogP contribution in [0.3, 0.4) is 0 Å². The van der Waals surface area contributed by atoms with Gasteiger partial charge >= 0.3 is 329 Å². The van der Waals surface area contributed by atoms with E-state index in [9.17, 15) is 14.4 Å². The number of hydrogen-bond donors (Lipinski definition) is 0. The fourth-order valence-electron chi connectivity index (χ4n) is 10.1. The molecule has 0 aromatic rings. The van der Waals surface area contributed by atoms with E-state index in [2.05, 4.69) is 27.7 Å². The molecule has 0 bridgehead atoms. The van der Waals surface area contributed by atoms with Gasteiger partial charge in [-0.15, -0.1) is 0 Å². The molecule has 0 aliphatic heterocycles. The fraction of sp³-hybridized carbons (Fsp3) is 0.952. The van der Waals surface area contributed by atoms with Crippen molar-refractivity contribution in [3.05, 3.63) is 0 Å². The molecule has 0 rings (SSSR count). The second-order valence-corrected chi connectivity index (χ2v) is 29.1. The Balaban J connectivity index is 5.26. The first-order valence-corrected chi connectivity index (χ1v) is 37.6. The van der Waals surface area contributed by atoms with Gasteiger partial charge in [0.2, 0.25) is 0 Å². The molecule has 0 heterocycles. The summed E-state index contributed by atoms with van der Waals surface area (Å²) >= 11 is -4.95. The third-order valence-corrected chi connectivity index (χ3v) is 22.2. The molecule has 416 valence electrons. The van der Waals surface area contributed by atoms with Crippen molar-refractivity contribution >= 4 is 37.5 Å². The average Bonchev–Trinajstić information content (AvgIpc) is 3.34. The van der Waals surface area contributed by atoms with Crippen molar-refractivity contribution in [3.63, 3.8) is 0 Å². The van der Waals surface area contributed by atoms with Crippen molar-refractivity contribution in [2.75, 3.05) is 0 Å². The standard InChI is InChI=1S/3C17H34O2.C12H25.Sn/c3*1-2-3-4-5-6-7-8-9-10-11-12-13-14-15-16-17(18)19;1-3-5-7-9-11-12-10-8-6-4-2;/h3*2-16H2,1H3,(H,18,19);1,3-12H2,2H3;/q;;;;+3/p-3. The Morgan fingerprint density at radius 3 is 0.529 bits per heavy atom. The molecular weight excluding hydrogens is 971 g/mol. The molecule has 0 radical (unpaired) electrons. The first-order valence-electron chi connectivity index (χ1n) is 32.1. The van der Waals surface area contributed by atoms with Gasteiger partial charge < -0.3 is 0 Å². The maximum absolute atomic E-state index is 13.7. The number of carbonyl (C=O) groups is 3. The van der Waals surface area contributed by atoms with Crippen molar-refractivity contribution in [3.8, 4) is 0 Å². The van der Waals surface area contributed by atoms with Gasteiger partial charge in [-0.1, -0.05) is 117 Å². The molecule has 6 nitrogen and oxygen atoms in total. The van der Waals surface area contributed by atoms with Gasteiger partial charge in [0.15, 0.2) is 0 Å². The molecule has 0 aliphatic carbocycles. The number of unbranched alkanes of at least 4 members (excludes halogenated alkanes) is 48. The minimum atomic E-state index is -4.95. The van der Waals surface area contributed by atoms with Crippen molar-refractivity contribution in [2.24, 2.45) is 0 Å². The van der Waals surface area contributed by atoms with E-state index in [1.807, 2.05) is 0 Å². The third kappa shape index (κ3) is 52.1. The van der Waals surface area contributed by atoms with Crippen LogP contribution in [0.25, 0.3) is 0 Å². The summed E-state index contributed by atoms with van der Waals surface area (Å²) in [7, 11) is 0. The van der Waals surface area contributed by atoms with Gasteiger partial charge in [0.1, 0.15) is 0 Å².